The maximum absolute atomic E-state index is 10.9. The number of nitrogens with one attached hydrogen (secondary N) is 1. The maximum Gasteiger partial charge on any atom is 0.317 e. The molecule has 1 aromatic carbocycles. The molecule has 31 heavy (non-hydrogen) atoms. The Balaban J connectivity index is 1.53. The first-order valence-electron chi connectivity index (χ1n) is 10.5. The van der Waals surface area contributed by atoms with Crippen LogP contribution in [0.25, 0.3) is 10.6 Å². The third kappa shape index (κ3) is 4.58. The standard InChI is InChI=1S/C25H26N2O3S/c1-4-16-12-17(8-11-22(16)30-15(2)3)25-27-13-23(31-25)20-7-5-6-19-18(20)9-10-21(19)26-14-24(28)29/h1,5-8,11-13,15,18,20-21,26H,9-10,14H2,2-3H3,(H,28,29)/t18?,20?,21-/m0/s1. The van der Waals surface area contributed by atoms with E-state index in [0.717, 1.165) is 29.0 Å². The lowest BCUT2D eigenvalue weighted by molar-refractivity contribution is -0.136. The molecule has 5 nitrogen and oxygen atoms in total. The molecule has 0 spiro atoms. The molecule has 2 aliphatic carbocycles. The van der Waals surface area contributed by atoms with Crippen LogP contribution in [0.2, 0.25) is 0 Å². The number of thiazole rings is 1. The highest BCUT2D eigenvalue weighted by atomic mass is 32.1. The SMILES string of the molecule is C#Cc1cc(-c2ncc(C3C=CC=C4C3CC[C@@H]4NCC(=O)O)s2)ccc1OC(C)C. The molecule has 6 heteroatoms. The molecule has 2 aliphatic rings. The number of hydrogen-bond donors (Lipinski definition) is 2. The predicted molar refractivity (Wildman–Crippen MR) is 123 cm³/mol. The van der Waals surface area contributed by atoms with Gasteiger partial charge in [0.25, 0.3) is 0 Å². The van der Waals surface area contributed by atoms with Crippen LogP contribution in [0.1, 0.15) is 43.0 Å². The first-order valence-corrected chi connectivity index (χ1v) is 11.3. The predicted octanol–water partition coefficient (Wildman–Crippen LogP) is 4.61. The number of carboxylic acids is 1. The Labute approximate surface area is 186 Å². The summed E-state index contributed by atoms with van der Waals surface area (Å²) in [6.45, 7) is 3.95. The van der Waals surface area contributed by atoms with Crippen LogP contribution in [0.5, 0.6) is 5.75 Å². The van der Waals surface area contributed by atoms with Crippen molar-refractivity contribution in [3.05, 3.63) is 58.6 Å². The highest BCUT2D eigenvalue weighted by Crippen LogP contribution is 2.46. The van der Waals surface area contributed by atoms with Gasteiger partial charge in [-0.15, -0.1) is 17.8 Å². The highest BCUT2D eigenvalue weighted by molar-refractivity contribution is 7.15. The van der Waals surface area contributed by atoms with Crippen molar-refractivity contribution in [3.8, 4) is 28.7 Å². The van der Waals surface area contributed by atoms with Gasteiger partial charge in [-0.25, -0.2) is 4.98 Å². The fourth-order valence-corrected chi connectivity index (χ4v) is 5.47. The number of nitrogens with zero attached hydrogens (tertiary/aromatic N) is 1. The molecule has 2 N–H and O–H groups in total. The lowest BCUT2D eigenvalue weighted by Crippen LogP contribution is -2.33. The number of benzene rings is 1. The minimum absolute atomic E-state index is 0.0121. The molecule has 2 unspecified atom stereocenters. The summed E-state index contributed by atoms with van der Waals surface area (Å²) in [6, 6.07) is 6.02. The Bertz CT molecular complexity index is 1080. The van der Waals surface area contributed by atoms with E-state index in [1.165, 1.54) is 10.5 Å². The summed E-state index contributed by atoms with van der Waals surface area (Å²) in [6.07, 6.45) is 16.2. The second kappa shape index (κ2) is 9.09. The van der Waals surface area contributed by atoms with Crippen molar-refractivity contribution in [1.29, 1.82) is 0 Å². The molecule has 1 heterocycles. The fourth-order valence-electron chi connectivity index (χ4n) is 4.42. The topological polar surface area (TPSA) is 71.5 Å². The molecule has 4 rings (SSSR count). The Morgan fingerprint density at radius 3 is 3.00 bits per heavy atom. The molecule has 0 aliphatic heterocycles. The van der Waals surface area contributed by atoms with Crippen molar-refractivity contribution in [2.75, 3.05) is 6.54 Å². The van der Waals surface area contributed by atoms with E-state index in [2.05, 4.69) is 34.4 Å². The van der Waals surface area contributed by atoms with E-state index in [1.54, 1.807) is 11.3 Å². The van der Waals surface area contributed by atoms with Crippen molar-refractivity contribution in [1.82, 2.24) is 10.3 Å². The van der Waals surface area contributed by atoms with Gasteiger partial charge in [0.05, 0.1) is 18.2 Å². The minimum atomic E-state index is -0.824. The number of fused-ring (bicyclic) bond motifs is 1. The minimum Gasteiger partial charge on any atom is -0.490 e. The summed E-state index contributed by atoms with van der Waals surface area (Å²) < 4.78 is 5.80. The normalized spacial score (nSPS) is 22.1. The number of allylic oxidation sites excluding steroid dienone is 3. The molecule has 0 amide bonds. The van der Waals surface area contributed by atoms with Gasteiger partial charge in [0.15, 0.2) is 0 Å². The van der Waals surface area contributed by atoms with Gasteiger partial charge in [-0.2, -0.15) is 0 Å². The summed E-state index contributed by atoms with van der Waals surface area (Å²) in [5.74, 6) is 3.26. The van der Waals surface area contributed by atoms with Crippen LogP contribution in [0, 0.1) is 18.3 Å². The molecular weight excluding hydrogens is 408 g/mol. The average molecular weight is 435 g/mol. The molecule has 160 valence electrons. The van der Waals surface area contributed by atoms with Crippen LogP contribution in [-0.4, -0.2) is 34.8 Å². The van der Waals surface area contributed by atoms with Gasteiger partial charge in [0, 0.05) is 28.6 Å². The molecular formula is C25H26N2O3S. The molecule has 3 atom stereocenters. The number of terminal acetylenes is 1. The van der Waals surface area contributed by atoms with E-state index in [4.69, 9.17) is 16.3 Å². The van der Waals surface area contributed by atoms with Gasteiger partial charge in [0.1, 0.15) is 10.8 Å². The van der Waals surface area contributed by atoms with Gasteiger partial charge < -0.3 is 15.2 Å². The lowest BCUT2D eigenvalue weighted by atomic mass is 9.82. The average Bonchev–Trinajstić information content (AvgIpc) is 3.39. The Kier molecular flexibility index (Phi) is 6.26. The van der Waals surface area contributed by atoms with Gasteiger partial charge in [-0.3, -0.25) is 4.79 Å². The number of aromatic nitrogens is 1. The van der Waals surface area contributed by atoms with E-state index >= 15 is 0 Å². The van der Waals surface area contributed by atoms with Crippen molar-refractivity contribution in [3.63, 3.8) is 0 Å². The Morgan fingerprint density at radius 2 is 2.26 bits per heavy atom. The van der Waals surface area contributed by atoms with Gasteiger partial charge >= 0.3 is 5.97 Å². The van der Waals surface area contributed by atoms with Crippen molar-refractivity contribution >= 4 is 17.3 Å². The molecule has 1 saturated carbocycles. The van der Waals surface area contributed by atoms with Gasteiger partial charge in [-0.1, -0.05) is 24.1 Å². The third-order valence-electron chi connectivity index (χ3n) is 5.73. The van der Waals surface area contributed by atoms with Crippen LogP contribution in [-0.2, 0) is 4.79 Å². The zero-order valence-electron chi connectivity index (χ0n) is 17.7. The maximum atomic E-state index is 10.9. The number of carboxylic acid groups (broad SMARTS) is 1. The van der Waals surface area contributed by atoms with Crippen LogP contribution in [0.3, 0.4) is 0 Å². The van der Waals surface area contributed by atoms with Gasteiger partial charge in [-0.05, 0) is 56.4 Å². The van der Waals surface area contributed by atoms with E-state index < -0.39 is 5.97 Å². The van der Waals surface area contributed by atoms with E-state index in [9.17, 15) is 4.79 Å². The van der Waals surface area contributed by atoms with Crippen molar-refractivity contribution in [2.45, 2.75) is 44.8 Å². The van der Waals surface area contributed by atoms with E-state index in [1.807, 2.05) is 38.2 Å². The van der Waals surface area contributed by atoms with E-state index in [-0.39, 0.29) is 24.6 Å². The first-order chi connectivity index (χ1) is 15.0. The number of rotatable bonds is 7. The summed E-state index contributed by atoms with van der Waals surface area (Å²) in [5, 5.41) is 13.1. The number of aliphatic carboxylic acids is 1. The Hall–Kier alpha value is -2.88. The van der Waals surface area contributed by atoms with Crippen LogP contribution in [0.15, 0.2) is 48.2 Å². The third-order valence-corrected chi connectivity index (χ3v) is 6.88. The summed E-state index contributed by atoms with van der Waals surface area (Å²) in [7, 11) is 0. The summed E-state index contributed by atoms with van der Waals surface area (Å²) in [5.41, 5.74) is 3.02. The second-order valence-corrected chi connectivity index (χ2v) is 9.24. The number of ether oxygens (including phenoxy) is 1. The number of carbonyl (C=O) groups is 1. The zero-order valence-corrected chi connectivity index (χ0v) is 18.5. The molecule has 0 radical (unpaired) electrons. The zero-order chi connectivity index (χ0) is 22.0. The van der Waals surface area contributed by atoms with Crippen molar-refractivity contribution in [2.24, 2.45) is 5.92 Å². The Morgan fingerprint density at radius 1 is 1.42 bits per heavy atom. The fraction of sp³-hybridized carbons (Fsp3) is 0.360. The summed E-state index contributed by atoms with van der Waals surface area (Å²) in [4.78, 5) is 16.8. The van der Waals surface area contributed by atoms with Crippen LogP contribution >= 0.6 is 11.3 Å². The monoisotopic (exact) mass is 434 g/mol. The second-order valence-electron chi connectivity index (χ2n) is 8.18. The van der Waals surface area contributed by atoms with E-state index in [0.29, 0.717) is 11.7 Å². The van der Waals surface area contributed by atoms with Gasteiger partial charge in [0.2, 0.25) is 0 Å². The molecule has 0 saturated heterocycles. The largest absolute Gasteiger partial charge is 0.490 e. The summed E-state index contributed by atoms with van der Waals surface area (Å²) >= 11 is 1.69. The van der Waals surface area contributed by atoms with Crippen LogP contribution < -0.4 is 10.1 Å². The first kappa shape index (κ1) is 21.4. The number of hydrogen-bond acceptors (Lipinski definition) is 5. The molecule has 2 aromatic rings. The van der Waals surface area contributed by atoms with Crippen LogP contribution in [0.4, 0.5) is 0 Å². The molecule has 0 bridgehead atoms. The molecule has 1 aromatic heterocycles. The smallest absolute Gasteiger partial charge is 0.317 e. The molecule has 1 fully saturated rings. The lowest BCUT2D eigenvalue weighted by Gasteiger charge is -2.25. The van der Waals surface area contributed by atoms with Crippen molar-refractivity contribution < 1.29 is 14.6 Å². The highest BCUT2D eigenvalue weighted by Gasteiger charge is 2.37. The quantitative estimate of drug-likeness (QED) is 0.623.